The van der Waals surface area contributed by atoms with Gasteiger partial charge in [0.05, 0.1) is 17.6 Å². The van der Waals surface area contributed by atoms with Crippen LogP contribution < -0.4 is 5.32 Å². The van der Waals surface area contributed by atoms with Crippen LogP contribution in [0.25, 0.3) is 0 Å². The molecule has 1 heterocycles. The third kappa shape index (κ3) is 4.80. The molecule has 132 valence electrons. The third-order valence-electron chi connectivity index (χ3n) is 3.24. The normalized spacial score (nSPS) is 10.3. The molecule has 0 bridgehead atoms. The molecule has 2 aromatic rings. The summed E-state index contributed by atoms with van der Waals surface area (Å²) in [6, 6.07) is 3.37. The Kier molecular flexibility index (Phi) is 6.12. The lowest BCUT2D eigenvalue weighted by molar-refractivity contribution is -0.384. The van der Waals surface area contributed by atoms with Gasteiger partial charge in [-0.1, -0.05) is 24.7 Å². The number of carbonyl (C=O) groups is 2. The summed E-state index contributed by atoms with van der Waals surface area (Å²) in [7, 11) is 1.15. The van der Waals surface area contributed by atoms with Gasteiger partial charge in [-0.2, -0.15) is 0 Å². The number of nitro groups is 1. The molecule has 0 radical (unpaired) electrons. The lowest BCUT2D eigenvalue weighted by Crippen LogP contribution is -2.14. The van der Waals surface area contributed by atoms with Crippen LogP contribution in [0.15, 0.2) is 18.2 Å². The SMILES string of the molecule is CCCCc1nnc(NC(=O)c2cc(C(=O)OC)cc([N+](=O)[O-])c2)s1. The number of ether oxygens (including phenoxy) is 1. The molecule has 0 aliphatic heterocycles. The van der Waals surface area contributed by atoms with E-state index < -0.39 is 16.8 Å². The maximum atomic E-state index is 12.3. The van der Waals surface area contributed by atoms with Gasteiger partial charge in [0, 0.05) is 24.1 Å². The summed E-state index contributed by atoms with van der Waals surface area (Å²) in [4.78, 5) is 34.3. The van der Waals surface area contributed by atoms with Gasteiger partial charge in [0.15, 0.2) is 0 Å². The molecule has 0 unspecified atom stereocenters. The Bertz CT molecular complexity index is 805. The van der Waals surface area contributed by atoms with Gasteiger partial charge >= 0.3 is 5.97 Å². The fourth-order valence-corrected chi connectivity index (χ4v) is 2.76. The Hall–Kier alpha value is -2.88. The van der Waals surface area contributed by atoms with E-state index in [1.165, 1.54) is 17.4 Å². The van der Waals surface area contributed by atoms with E-state index in [9.17, 15) is 19.7 Å². The maximum absolute atomic E-state index is 12.3. The van der Waals surface area contributed by atoms with Gasteiger partial charge in [0.25, 0.3) is 11.6 Å². The van der Waals surface area contributed by atoms with Gasteiger partial charge in [-0.15, -0.1) is 10.2 Å². The number of carbonyl (C=O) groups excluding carboxylic acids is 2. The number of unbranched alkanes of at least 4 members (excludes halogenated alkanes) is 1. The standard InChI is InChI=1S/C15H16N4O5S/c1-3-4-5-12-17-18-15(25-12)16-13(20)9-6-10(14(21)24-2)8-11(7-9)19(22)23/h6-8H,3-5H2,1-2H3,(H,16,18,20). The largest absolute Gasteiger partial charge is 0.465 e. The number of anilines is 1. The molecule has 25 heavy (non-hydrogen) atoms. The predicted molar refractivity (Wildman–Crippen MR) is 90.9 cm³/mol. The summed E-state index contributed by atoms with van der Waals surface area (Å²) in [5, 5.41) is 22.5. The number of esters is 1. The smallest absolute Gasteiger partial charge is 0.338 e. The Balaban J connectivity index is 2.22. The zero-order chi connectivity index (χ0) is 18.4. The first-order chi connectivity index (χ1) is 11.9. The number of methoxy groups -OCH3 is 1. The zero-order valence-corrected chi connectivity index (χ0v) is 14.5. The Morgan fingerprint density at radius 1 is 1.28 bits per heavy atom. The van der Waals surface area contributed by atoms with E-state index in [1.54, 1.807) is 0 Å². The number of benzene rings is 1. The summed E-state index contributed by atoms with van der Waals surface area (Å²) in [6.45, 7) is 2.06. The van der Waals surface area contributed by atoms with Crippen molar-refractivity contribution in [1.29, 1.82) is 0 Å². The van der Waals surface area contributed by atoms with Crippen LogP contribution in [0, 0.1) is 10.1 Å². The van der Waals surface area contributed by atoms with Crippen LogP contribution in [0.2, 0.25) is 0 Å². The number of amides is 1. The highest BCUT2D eigenvalue weighted by Gasteiger charge is 2.19. The summed E-state index contributed by atoms with van der Waals surface area (Å²) in [5.74, 6) is -1.39. The summed E-state index contributed by atoms with van der Waals surface area (Å²) in [5.41, 5.74) is -0.503. The predicted octanol–water partition coefficient (Wildman–Crippen LogP) is 2.83. The topological polar surface area (TPSA) is 124 Å². The fourth-order valence-electron chi connectivity index (χ4n) is 1.99. The molecular formula is C15H16N4O5S. The second-order valence-corrected chi connectivity index (χ2v) is 6.14. The molecular weight excluding hydrogens is 348 g/mol. The van der Waals surface area contributed by atoms with Crippen molar-refractivity contribution in [3.8, 4) is 0 Å². The average molecular weight is 364 g/mol. The molecule has 0 aliphatic rings. The van der Waals surface area contributed by atoms with Crippen LogP contribution in [0.1, 0.15) is 45.5 Å². The fraction of sp³-hybridized carbons (Fsp3) is 0.333. The van der Waals surface area contributed by atoms with E-state index in [-0.39, 0.29) is 16.8 Å². The lowest BCUT2D eigenvalue weighted by atomic mass is 10.1. The highest BCUT2D eigenvalue weighted by molar-refractivity contribution is 7.15. The van der Waals surface area contributed by atoms with E-state index in [1.807, 2.05) is 0 Å². The maximum Gasteiger partial charge on any atom is 0.338 e. The summed E-state index contributed by atoms with van der Waals surface area (Å²) in [6.07, 6.45) is 2.76. The second-order valence-electron chi connectivity index (χ2n) is 5.08. The summed E-state index contributed by atoms with van der Waals surface area (Å²) >= 11 is 1.24. The van der Waals surface area contributed by atoms with Crippen molar-refractivity contribution in [2.75, 3.05) is 12.4 Å². The van der Waals surface area contributed by atoms with Crippen LogP contribution in [-0.2, 0) is 11.2 Å². The Morgan fingerprint density at radius 3 is 2.64 bits per heavy atom. The Labute approximate surface area is 147 Å². The van der Waals surface area contributed by atoms with Crippen LogP contribution >= 0.6 is 11.3 Å². The molecule has 1 aromatic heterocycles. The van der Waals surface area contributed by atoms with Gasteiger partial charge in [-0.05, 0) is 12.5 Å². The van der Waals surface area contributed by atoms with E-state index in [0.29, 0.717) is 5.13 Å². The van der Waals surface area contributed by atoms with Crippen molar-refractivity contribution in [2.24, 2.45) is 0 Å². The van der Waals surface area contributed by atoms with Crippen molar-refractivity contribution in [1.82, 2.24) is 10.2 Å². The highest BCUT2D eigenvalue weighted by atomic mass is 32.1. The van der Waals surface area contributed by atoms with Gasteiger partial charge < -0.3 is 4.74 Å². The molecule has 0 fully saturated rings. The number of hydrogen-bond donors (Lipinski definition) is 1. The molecule has 0 saturated carbocycles. The monoisotopic (exact) mass is 364 g/mol. The van der Waals surface area contributed by atoms with Crippen LogP contribution in [0.5, 0.6) is 0 Å². The van der Waals surface area contributed by atoms with Gasteiger partial charge in [-0.3, -0.25) is 20.2 Å². The number of nitrogens with one attached hydrogen (secondary N) is 1. The first-order valence-electron chi connectivity index (χ1n) is 7.46. The number of nitro benzene ring substituents is 1. The third-order valence-corrected chi connectivity index (χ3v) is 4.14. The number of aryl methyl sites for hydroxylation is 1. The van der Waals surface area contributed by atoms with E-state index in [4.69, 9.17) is 0 Å². The summed E-state index contributed by atoms with van der Waals surface area (Å²) < 4.78 is 4.55. The molecule has 10 heteroatoms. The number of rotatable bonds is 7. The zero-order valence-electron chi connectivity index (χ0n) is 13.6. The number of nitrogens with zero attached hydrogens (tertiary/aromatic N) is 3. The molecule has 0 spiro atoms. The van der Waals surface area contributed by atoms with Crippen molar-refractivity contribution in [2.45, 2.75) is 26.2 Å². The minimum atomic E-state index is -0.768. The first-order valence-corrected chi connectivity index (χ1v) is 8.27. The first kappa shape index (κ1) is 18.5. The number of aromatic nitrogens is 2. The van der Waals surface area contributed by atoms with Crippen molar-refractivity contribution >= 4 is 34.0 Å². The van der Waals surface area contributed by atoms with Gasteiger partial charge in [-0.25, -0.2) is 4.79 Å². The molecule has 0 atom stereocenters. The second kappa shape index (κ2) is 8.29. The van der Waals surface area contributed by atoms with Crippen molar-refractivity contribution < 1.29 is 19.2 Å². The minimum absolute atomic E-state index is 0.0418. The van der Waals surface area contributed by atoms with Crippen LogP contribution in [-0.4, -0.2) is 34.1 Å². The molecule has 1 aromatic carbocycles. The molecule has 1 amide bonds. The highest BCUT2D eigenvalue weighted by Crippen LogP contribution is 2.21. The number of non-ortho nitro benzene ring substituents is 1. The number of hydrogen-bond acceptors (Lipinski definition) is 8. The van der Waals surface area contributed by atoms with Crippen molar-refractivity contribution in [3.63, 3.8) is 0 Å². The lowest BCUT2D eigenvalue weighted by Gasteiger charge is -2.04. The van der Waals surface area contributed by atoms with E-state index in [2.05, 4.69) is 27.2 Å². The van der Waals surface area contributed by atoms with Crippen LogP contribution in [0.4, 0.5) is 10.8 Å². The van der Waals surface area contributed by atoms with E-state index >= 15 is 0 Å². The molecule has 1 N–H and O–H groups in total. The minimum Gasteiger partial charge on any atom is -0.465 e. The molecule has 9 nitrogen and oxygen atoms in total. The average Bonchev–Trinajstić information content (AvgIpc) is 3.05. The molecule has 0 saturated heterocycles. The van der Waals surface area contributed by atoms with Crippen LogP contribution in [0.3, 0.4) is 0 Å². The van der Waals surface area contributed by atoms with Crippen molar-refractivity contribution in [3.05, 3.63) is 44.4 Å². The molecule has 0 aliphatic carbocycles. The Morgan fingerprint density at radius 2 is 2.00 bits per heavy atom. The van der Waals surface area contributed by atoms with Gasteiger partial charge in [0.1, 0.15) is 5.01 Å². The van der Waals surface area contributed by atoms with E-state index in [0.717, 1.165) is 43.5 Å². The quantitative estimate of drug-likeness (QED) is 0.455. The molecule has 2 rings (SSSR count). The van der Waals surface area contributed by atoms with Gasteiger partial charge in [0.2, 0.25) is 5.13 Å².